The molecule has 0 aliphatic carbocycles. The molecule has 2 atom stereocenters. The zero-order valence-corrected chi connectivity index (χ0v) is 14.9. The van der Waals surface area contributed by atoms with Crippen molar-refractivity contribution in [2.24, 2.45) is 5.92 Å². The van der Waals surface area contributed by atoms with Crippen LogP contribution in [-0.4, -0.2) is 18.9 Å². The van der Waals surface area contributed by atoms with Gasteiger partial charge in [0.1, 0.15) is 0 Å². The average molecular weight is 307 g/mol. The zero-order valence-electron chi connectivity index (χ0n) is 14.9. The number of Topliss-reactive ketones (excluding diaryl/α,β-unsaturated/α-hetero) is 1. The average Bonchev–Trinajstić information content (AvgIpc) is 2.53. The van der Waals surface area contributed by atoms with Gasteiger partial charge in [0.05, 0.1) is 5.69 Å². The SMILES string of the molecule is Cc1ccc(-c2c(C)ccc3c2N(C)C(C)C(C)C3=O)cc1C. The van der Waals surface area contributed by atoms with E-state index in [4.69, 9.17) is 0 Å². The van der Waals surface area contributed by atoms with Gasteiger partial charge in [-0.25, -0.2) is 0 Å². The van der Waals surface area contributed by atoms with Crippen LogP contribution in [0.5, 0.6) is 0 Å². The summed E-state index contributed by atoms with van der Waals surface area (Å²) in [5.74, 6) is 0.290. The number of ketones is 1. The van der Waals surface area contributed by atoms with Gasteiger partial charge in [0.2, 0.25) is 0 Å². The maximum absolute atomic E-state index is 12.8. The van der Waals surface area contributed by atoms with Crippen LogP contribution in [0.15, 0.2) is 30.3 Å². The van der Waals surface area contributed by atoms with E-state index >= 15 is 0 Å². The molecule has 0 fully saturated rings. The molecule has 2 nitrogen and oxygen atoms in total. The Balaban J connectivity index is 2.30. The molecule has 23 heavy (non-hydrogen) atoms. The summed E-state index contributed by atoms with van der Waals surface area (Å²) in [7, 11) is 2.11. The van der Waals surface area contributed by atoms with Crippen LogP contribution < -0.4 is 4.90 Å². The van der Waals surface area contributed by atoms with Crippen LogP contribution in [-0.2, 0) is 0 Å². The first kappa shape index (κ1) is 15.8. The lowest BCUT2D eigenvalue weighted by molar-refractivity contribution is 0.0907. The quantitative estimate of drug-likeness (QED) is 0.744. The largest absolute Gasteiger partial charge is 0.370 e. The first-order valence-corrected chi connectivity index (χ1v) is 8.31. The van der Waals surface area contributed by atoms with E-state index < -0.39 is 0 Å². The van der Waals surface area contributed by atoms with Gasteiger partial charge in [-0.15, -0.1) is 0 Å². The molecule has 0 aromatic heterocycles. The number of hydrogen-bond acceptors (Lipinski definition) is 2. The lowest BCUT2D eigenvalue weighted by atomic mass is 9.82. The molecule has 0 saturated carbocycles. The standard InChI is InChI=1S/C21H25NO/c1-12-7-9-17(11-14(12)3)19-13(2)8-10-18-20(19)22(6)16(5)15(4)21(18)23/h7-11,15-16H,1-6H3. The lowest BCUT2D eigenvalue weighted by Gasteiger charge is -2.39. The van der Waals surface area contributed by atoms with Crippen LogP contribution >= 0.6 is 0 Å². The van der Waals surface area contributed by atoms with Gasteiger partial charge in [-0.2, -0.15) is 0 Å². The summed E-state index contributed by atoms with van der Waals surface area (Å²) in [5.41, 5.74) is 8.13. The van der Waals surface area contributed by atoms with Crippen molar-refractivity contribution in [1.82, 2.24) is 0 Å². The van der Waals surface area contributed by atoms with Crippen molar-refractivity contribution in [2.45, 2.75) is 40.7 Å². The zero-order chi connectivity index (χ0) is 16.9. The molecule has 0 bridgehead atoms. The topological polar surface area (TPSA) is 20.3 Å². The maximum atomic E-state index is 12.8. The van der Waals surface area contributed by atoms with Gasteiger partial charge in [0, 0.05) is 30.1 Å². The number of anilines is 1. The molecular formula is C21H25NO. The molecule has 1 heterocycles. The van der Waals surface area contributed by atoms with E-state index in [1.807, 2.05) is 13.0 Å². The molecule has 120 valence electrons. The van der Waals surface area contributed by atoms with Gasteiger partial charge in [-0.1, -0.05) is 31.2 Å². The Hall–Kier alpha value is -2.09. The summed E-state index contributed by atoms with van der Waals surface area (Å²) in [6.45, 7) is 10.6. The van der Waals surface area contributed by atoms with Crippen LogP contribution in [0.25, 0.3) is 11.1 Å². The van der Waals surface area contributed by atoms with Crippen molar-refractivity contribution in [1.29, 1.82) is 0 Å². The van der Waals surface area contributed by atoms with E-state index in [2.05, 4.69) is 63.9 Å². The van der Waals surface area contributed by atoms with E-state index in [0.717, 1.165) is 11.3 Å². The summed E-state index contributed by atoms with van der Waals surface area (Å²) in [6, 6.07) is 10.9. The maximum Gasteiger partial charge on any atom is 0.169 e. The van der Waals surface area contributed by atoms with Gasteiger partial charge in [-0.3, -0.25) is 4.79 Å². The Labute approximate surface area is 139 Å². The second kappa shape index (κ2) is 5.52. The van der Waals surface area contributed by atoms with Crippen LogP contribution in [0.4, 0.5) is 5.69 Å². The molecule has 2 heteroatoms. The summed E-state index contributed by atoms with van der Waals surface area (Å²) in [6.07, 6.45) is 0. The lowest BCUT2D eigenvalue weighted by Crippen LogP contribution is -2.43. The van der Waals surface area contributed by atoms with Crippen molar-refractivity contribution in [3.8, 4) is 11.1 Å². The Kier molecular flexibility index (Phi) is 3.79. The van der Waals surface area contributed by atoms with Gasteiger partial charge in [-0.05, 0) is 56.0 Å². The van der Waals surface area contributed by atoms with Crippen LogP contribution in [0.1, 0.15) is 40.9 Å². The monoisotopic (exact) mass is 307 g/mol. The smallest absolute Gasteiger partial charge is 0.169 e. The molecule has 1 aliphatic rings. The van der Waals surface area contributed by atoms with Gasteiger partial charge >= 0.3 is 0 Å². The van der Waals surface area contributed by atoms with Crippen molar-refractivity contribution >= 4 is 11.5 Å². The van der Waals surface area contributed by atoms with Gasteiger partial charge in [0.15, 0.2) is 5.78 Å². The first-order chi connectivity index (χ1) is 10.8. The van der Waals surface area contributed by atoms with E-state index in [1.165, 1.54) is 27.8 Å². The predicted molar refractivity (Wildman–Crippen MR) is 97.4 cm³/mol. The highest BCUT2D eigenvalue weighted by atomic mass is 16.1. The van der Waals surface area contributed by atoms with E-state index in [0.29, 0.717) is 0 Å². The molecular weight excluding hydrogens is 282 g/mol. The second-order valence-electron chi connectivity index (χ2n) is 6.96. The third kappa shape index (κ3) is 2.37. The molecule has 2 aromatic carbocycles. The molecule has 0 radical (unpaired) electrons. The van der Waals surface area contributed by atoms with E-state index in [1.54, 1.807) is 0 Å². The minimum absolute atomic E-state index is 0.0304. The third-order valence-electron chi connectivity index (χ3n) is 5.55. The second-order valence-corrected chi connectivity index (χ2v) is 6.96. The van der Waals surface area contributed by atoms with Crippen molar-refractivity contribution in [2.75, 3.05) is 11.9 Å². The minimum Gasteiger partial charge on any atom is -0.370 e. The van der Waals surface area contributed by atoms with Crippen LogP contribution in [0.2, 0.25) is 0 Å². The molecule has 1 aliphatic heterocycles. The normalized spacial score (nSPS) is 20.6. The van der Waals surface area contributed by atoms with Gasteiger partial charge < -0.3 is 4.90 Å². The Bertz CT molecular complexity index is 791. The highest BCUT2D eigenvalue weighted by molar-refractivity contribution is 6.08. The molecule has 2 aromatic rings. The summed E-state index contributed by atoms with van der Waals surface area (Å²) in [5, 5.41) is 0. The van der Waals surface area contributed by atoms with Crippen molar-refractivity contribution in [3.63, 3.8) is 0 Å². The molecule has 0 spiro atoms. The number of hydrogen-bond donors (Lipinski definition) is 0. The van der Waals surface area contributed by atoms with Crippen LogP contribution in [0.3, 0.4) is 0 Å². The predicted octanol–water partition coefficient (Wildman–Crippen LogP) is 4.94. The Morgan fingerprint density at radius 3 is 2.22 bits per heavy atom. The Morgan fingerprint density at radius 2 is 1.57 bits per heavy atom. The van der Waals surface area contributed by atoms with Crippen molar-refractivity contribution in [3.05, 3.63) is 52.6 Å². The number of carbonyl (C=O) groups is 1. The van der Waals surface area contributed by atoms with Crippen LogP contribution in [0, 0.1) is 26.7 Å². The summed E-state index contributed by atoms with van der Waals surface area (Å²) in [4.78, 5) is 15.0. The number of aryl methyl sites for hydroxylation is 3. The number of benzene rings is 2. The number of nitrogens with zero attached hydrogens (tertiary/aromatic N) is 1. The van der Waals surface area contributed by atoms with Crippen molar-refractivity contribution < 1.29 is 4.79 Å². The highest BCUT2D eigenvalue weighted by Crippen LogP contribution is 2.42. The van der Waals surface area contributed by atoms with E-state index in [-0.39, 0.29) is 17.7 Å². The minimum atomic E-state index is 0.0304. The molecule has 3 rings (SSSR count). The van der Waals surface area contributed by atoms with E-state index in [9.17, 15) is 4.79 Å². The fourth-order valence-corrected chi connectivity index (χ4v) is 3.52. The Morgan fingerprint density at radius 1 is 0.913 bits per heavy atom. The molecule has 0 N–H and O–H groups in total. The first-order valence-electron chi connectivity index (χ1n) is 8.31. The summed E-state index contributed by atoms with van der Waals surface area (Å²) >= 11 is 0. The third-order valence-corrected chi connectivity index (χ3v) is 5.55. The fourth-order valence-electron chi connectivity index (χ4n) is 3.52. The number of fused-ring (bicyclic) bond motifs is 1. The molecule has 0 amide bonds. The summed E-state index contributed by atoms with van der Waals surface area (Å²) < 4.78 is 0. The highest BCUT2D eigenvalue weighted by Gasteiger charge is 2.35. The molecule has 0 saturated heterocycles. The van der Waals surface area contributed by atoms with Gasteiger partial charge in [0.25, 0.3) is 0 Å². The number of rotatable bonds is 1. The molecule has 2 unspecified atom stereocenters. The number of carbonyl (C=O) groups excluding carboxylic acids is 1. The fraction of sp³-hybridized carbons (Fsp3) is 0.381.